The molecule has 0 bridgehead atoms. The lowest BCUT2D eigenvalue weighted by Crippen LogP contribution is -2.51. The quantitative estimate of drug-likeness (QED) is 0.674. The summed E-state index contributed by atoms with van der Waals surface area (Å²) >= 11 is 3.39. The number of amides is 1. The van der Waals surface area contributed by atoms with Gasteiger partial charge < -0.3 is 14.5 Å². The maximum Gasteiger partial charge on any atom is 0.410 e. The lowest BCUT2D eigenvalue weighted by atomic mass is 9.95. The molecule has 2 aliphatic rings. The maximum absolute atomic E-state index is 12.2. The van der Waals surface area contributed by atoms with Gasteiger partial charge in [0, 0.05) is 45.8 Å². The molecule has 0 unspecified atom stereocenters. The standard InChI is InChI=1S/C20H31BrN4O2/c1-20(2,3)27-19(26)25-12-10-23(11-13-25)15-16-6-8-24(9-7-16)17-4-5-18(21)22-14-17/h4-5,14,16H,6-13,15H2,1-3H3. The van der Waals surface area contributed by atoms with Crippen molar-refractivity contribution in [3.63, 3.8) is 0 Å². The fourth-order valence-electron chi connectivity index (χ4n) is 3.73. The third kappa shape index (κ3) is 6.07. The minimum absolute atomic E-state index is 0.182. The molecule has 1 aromatic heterocycles. The van der Waals surface area contributed by atoms with Gasteiger partial charge in [-0.3, -0.25) is 4.90 Å². The molecule has 0 radical (unpaired) electrons. The van der Waals surface area contributed by atoms with Crippen molar-refractivity contribution in [3.8, 4) is 0 Å². The average Bonchev–Trinajstić information content (AvgIpc) is 2.62. The van der Waals surface area contributed by atoms with Crippen molar-refractivity contribution in [2.45, 2.75) is 39.2 Å². The van der Waals surface area contributed by atoms with Crippen LogP contribution in [0.2, 0.25) is 0 Å². The molecule has 1 amide bonds. The second-order valence-corrected chi connectivity index (χ2v) is 9.35. The van der Waals surface area contributed by atoms with E-state index in [0.29, 0.717) is 0 Å². The average molecular weight is 439 g/mol. The molecular weight excluding hydrogens is 408 g/mol. The SMILES string of the molecule is CC(C)(C)OC(=O)N1CCN(CC2CCN(c3ccc(Br)nc3)CC2)CC1. The summed E-state index contributed by atoms with van der Waals surface area (Å²) in [6.07, 6.45) is 4.18. The third-order valence-corrected chi connectivity index (χ3v) is 5.70. The smallest absolute Gasteiger partial charge is 0.410 e. The van der Waals surface area contributed by atoms with Crippen LogP contribution in [0.15, 0.2) is 22.9 Å². The molecule has 3 rings (SSSR count). The number of rotatable bonds is 3. The summed E-state index contributed by atoms with van der Waals surface area (Å²) in [6.45, 7) is 12.5. The lowest BCUT2D eigenvalue weighted by molar-refractivity contribution is 0.0130. The summed E-state index contributed by atoms with van der Waals surface area (Å²) in [7, 11) is 0. The predicted octanol–water partition coefficient (Wildman–Crippen LogP) is 3.61. The van der Waals surface area contributed by atoms with Crippen LogP contribution in [0.5, 0.6) is 0 Å². The van der Waals surface area contributed by atoms with E-state index in [0.717, 1.165) is 56.3 Å². The van der Waals surface area contributed by atoms with E-state index in [1.165, 1.54) is 18.5 Å². The van der Waals surface area contributed by atoms with E-state index in [2.05, 4.69) is 36.8 Å². The molecule has 0 N–H and O–H groups in total. The van der Waals surface area contributed by atoms with Gasteiger partial charge in [-0.05, 0) is 67.6 Å². The summed E-state index contributed by atoms with van der Waals surface area (Å²) < 4.78 is 6.36. The van der Waals surface area contributed by atoms with Crippen LogP contribution in [0.25, 0.3) is 0 Å². The normalized spacial score (nSPS) is 20.0. The molecule has 150 valence electrons. The van der Waals surface area contributed by atoms with E-state index in [1.54, 1.807) is 0 Å². The van der Waals surface area contributed by atoms with Gasteiger partial charge in [0.05, 0.1) is 11.9 Å². The first-order valence-electron chi connectivity index (χ1n) is 9.87. The van der Waals surface area contributed by atoms with Crippen LogP contribution >= 0.6 is 15.9 Å². The zero-order chi connectivity index (χ0) is 19.4. The van der Waals surface area contributed by atoms with E-state index in [9.17, 15) is 4.79 Å². The Morgan fingerprint density at radius 2 is 1.81 bits per heavy atom. The zero-order valence-corrected chi connectivity index (χ0v) is 18.2. The summed E-state index contributed by atoms with van der Waals surface area (Å²) in [5.74, 6) is 0.734. The minimum atomic E-state index is -0.424. The topological polar surface area (TPSA) is 48.9 Å². The number of aromatic nitrogens is 1. The molecule has 3 heterocycles. The zero-order valence-electron chi connectivity index (χ0n) is 16.7. The number of nitrogens with zero attached hydrogens (tertiary/aromatic N) is 4. The molecule has 0 aliphatic carbocycles. The lowest BCUT2D eigenvalue weighted by Gasteiger charge is -2.39. The molecule has 0 aromatic carbocycles. The van der Waals surface area contributed by atoms with E-state index < -0.39 is 5.60 Å². The van der Waals surface area contributed by atoms with Gasteiger partial charge >= 0.3 is 6.09 Å². The molecule has 2 aliphatic heterocycles. The van der Waals surface area contributed by atoms with Crippen LogP contribution in [0.3, 0.4) is 0 Å². The van der Waals surface area contributed by atoms with E-state index in [4.69, 9.17) is 4.74 Å². The van der Waals surface area contributed by atoms with Crippen molar-refractivity contribution < 1.29 is 9.53 Å². The Kier molecular flexibility index (Phi) is 6.63. The highest BCUT2D eigenvalue weighted by atomic mass is 79.9. The molecule has 0 spiro atoms. The first-order valence-corrected chi connectivity index (χ1v) is 10.7. The van der Waals surface area contributed by atoms with Gasteiger partial charge in [0.2, 0.25) is 0 Å². The summed E-state index contributed by atoms with van der Waals surface area (Å²) in [5.41, 5.74) is 0.787. The number of carbonyl (C=O) groups is 1. The van der Waals surface area contributed by atoms with Crippen molar-refractivity contribution >= 4 is 27.7 Å². The van der Waals surface area contributed by atoms with Crippen LogP contribution in [0, 0.1) is 5.92 Å². The van der Waals surface area contributed by atoms with Crippen LogP contribution in [0.4, 0.5) is 10.5 Å². The van der Waals surface area contributed by atoms with Crippen LogP contribution < -0.4 is 4.90 Å². The van der Waals surface area contributed by atoms with Crippen LogP contribution in [-0.4, -0.2) is 72.3 Å². The molecule has 2 saturated heterocycles. The van der Waals surface area contributed by atoms with Gasteiger partial charge in [0.15, 0.2) is 0 Å². The maximum atomic E-state index is 12.2. The van der Waals surface area contributed by atoms with E-state index >= 15 is 0 Å². The van der Waals surface area contributed by atoms with Crippen LogP contribution in [-0.2, 0) is 4.74 Å². The number of piperazine rings is 1. The number of carbonyl (C=O) groups excluding carboxylic acids is 1. The predicted molar refractivity (Wildman–Crippen MR) is 111 cm³/mol. The monoisotopic (exact) mass is 438 g/mol. The molecule has 0 saturated carbocycles. The van der Waals surface area contributed by atoms with Crippen molar-refractivity contribution in [2.24, 2.45) is 5.92 Å². The van der Waals surface area contributed by atoms with Gasteiger partial charge in [-0.2, -0.15) is 0 Å². The van der Waals surface area contributed by atoms with Crippen molar-refractivity contribution in [3.05, 3.63) is 22.9 Å². The van der Waals surface area contributed by atoms with Gasteiger partial charge in [-0.25, -0.2) is 9.78 Å². The number of ether oxygens (including phenoxy) is 1. The largest absolute Gasteiger partial charge is 0.444 e. The second kappa shape index (κ2) is 8.78. The third-order valence-electron chi connectivity index (χ3n) is 5.23. The van der Waals surface area contributed by atoms with Crippen LogP contribution in [0.1, 0.15) is 33.6 Å². The molecular formula is C20H31BrN4O2. The number of halogens is 1. The minimum Gasteiger partial charge on any atom is -0.444 e. The molecule has 6 nitrogen and oxygen atoms in total. The molecule has 1 aromatic rings. The fraction of sp³-hybridized carbons (Fsp3) is 0.700. The Hall–Kier alpha value is -1.34. The summed E-state index contributed by atoms with van der Waals surface area (Å²) in [5, 5.41) is 0. The highest BCUT2D eigenvalue weighted by Gasteiger charge is 2.28. The number of hydrogen-bond donors (Lipinski definition) is 0. The molecule has 0 atom stereocenters. The Labute approximate surface area is 171 Å². The molecule has 2 fully saturated rings. The Balaban J connectivity index is 1.39. The van der Waals surface area contributed by atoms with Crippen molar-refractivity contribution in [1.82, 2.24) is 14.8 Å². The Morgan fingerprint density at radius 3 is 2.37 bits per heavy atom. The van der Waals surface area contributed by atoms with Gasteiger partial charge in [-0.15, -0.1) is 0 Å². The molecule has 7 heteroatoms. The van der Waals surface area contributed by atoms with Gasteiger partial charge in [-0.1, -0.05) is 0 Å². The summed E-state index contributed by atoms with van der Waals surface area (Å²) in [4.78, 5) is 23.3. The van der Waals surface area contributed by atoms with Gasteiger partial charge in [0.1, 0.15) is 10.2 Å². The van der Waals surface area contributed by atoms with E-state index in [-0.39, 0.29) is 6.09 Å². The summed E-state index contributed by atoms with van der Waals surface area (Å²) in [6, 6.07) is 4.14. The second-order valence-electron chi connectivity index (χ2n) is 8.54. The first-order chi connectivity index (χ1) is 12.8. The van der Waals surface area contributed by atoms with E-state index in [1.807, 2.05) is 37.9 Å². The fourth-order valence-corrected chi connectivity index (χ4v) is 3.97. The highest BCUT2D eigenvalue weighted by Crippen LogP contribution is 2.24. The highest BCUT2D eigenvalue weighted by molar-refractivity contribution is 9.10. The Morgan fingerprint density at radius 1 is 1.15 bits per heavy atom. The van der Waals surface area contributed by atoms with Crippen molar-refractivity contribution in [2.75, 3.05) is 50.7 Å². The number of hydrogen-bond acceptors (Lipinski definition) is 5. The Bertz CT molecular complexity index is 616. The first kappa shape index (κ1) is 20.4. The number of anilines is 1. The van der Waals surface area contributed by atoms with Gasteiger partial charge in [0.25, 0.3) is 0 Å². The number of pyridine rings is 1. The number of piperidine rings is 1. The van der Waals surface area contributed by atoms with Crippen molar-refractivity contribution in [1.29, 1.82) is 0 Å². The molecule has 27 heavy (non-hydrogen) atoms.